The van der Waals surface area contributed by atoms with E-state index in [1.54, 1.807) is 0 Å². The van der Waals surface area contributed by atoms with Crippen molar-refractivity contribution in [3.05, 3.63) is 101 Å². The van der Waals surface area contributed by atoms with Gasteiger partial charge in [-0.2, -0.15) is 0 Å². The molecule has 1 fully saturated rings. The zero-order chi connectivity index (χ0) is 18.1. The van der Waals surface area contributed by atoms with Crippen LogP contribution in [0.1, 0.15) is 46.2 Å². The van der Waals surface area contributed by atoms with Crippen LogP contribution >= 0.6 is 0 Å². The summed E-state index contributed by atoms with van der Waals surface area (Å²) in [6.45, 7) is 7.81. The van der Waals surface area contributed by atoms with Crippen molar-refractivity contribution >= 4 is 5.69 Å². The average Bonchev–Trinajstić information content (AvgIpc) is 3.07. The van der Waals surface area contributed by atoms with Gasteiger partial charge in [0.25, 0.3) is 0 Å². The third kappa shape index (κ3) is 3.03. The fourth-order valence-electron chi connectivity index (χ4n) is 4.78. The molecular formula is C25H27N. The van der Waals surface area contributed by atoms with Gasteiger partial charge in [0.15, 0.2) is 0 Å². The Morgan fingerprint density at radius 1 is 0.731 bits per heavy atom. The Morgan fingerprint density at radius 2 is 1.27 bits per heavy atom. The second-order valence-corrected chi connectivity index (χ2v) is 7.60. The summed E-state index contributed by atoms with van der Waals surface area (Å²) in [5, 5.41) is 0. The number of aryl methyl sites for hydroxylation is 3. The molecule has 26 heavy (non-hydrogen) atoms. The normalized spacial score (nSPS) is 19.7. The van der Waals surface area contributed by atoms with Gasteiger partial charge in [0.2, 0.25) is 0 Å². The molecule has 2 unspecified atom stereocenters. The van der Waals surface area contributed by atoms with Crippen LogP contribution in [0.5, 0.6) is 0 Å². The predicted octanol–water partition coefficient (Wildman–Crippen LogP) is 6.35. The zero-order valence-corrected chi connectivity index (χ0v) is 15.9. The fraction of sp³-hybridized carbons (Fsp3) is 0.280. The first-order chi connectivity index (χ1) is 12.6. The first-order valence-corrected chi connectivity index (χ1v) is 9.59. The highest BCUT2D eigenvalue weighted by molar-refractivity contribution is 5.63. The van der Waals surface area contributed by atoms with Gasteiger partial charge >= 0.3 is 0 Å². The van der Waals surface area contributed by atoms with Crippen LogP contribution in [0, 0.1) is 20.8 Å². The van der Waals surface area contributed by atoms with Gasteiger partial charge in [-0.15, -0.1) is 0 Å². The van der Waals surface area contributed by atoms with Crippen LogP contribution in [-0.2, 0) is 0 Å². The smallest absolute Gasteiger partial charge is 0.0611 e. The van der Waals surface area contributed by atoms with Crippen molar-refractivity contribution in [2.75, 3.05) is 11.4 Å². The van der Waals surface area contributed by atoms with Crippen molar-refractivity contribution in [3.63, 3.8) is 0 Å². The Labute approximate surface area is 157 Å². The Hall–Kier alpha value is -2.54. The summed E-state index contributed by atoms with van der Waals surface area (Å²) < 4.78 is 0. The molecule has 2 atom stereocenters. The van der Waals surface area contributed by atoms with Gasteiger partial charge < -0.3 is 4.90 Å². The second kappa shape index (κ2) is 6.99. The molecule has 1 heterocycles. The summed E-state index contributed by atoms with van der Waals surface area (Å²) in [5.74, 6) is 0.527. The van der Waals surface area contributed by atoms with Crippen LogP contribution < -0.4 is 4.90 Å². The molecule has 3 aromatic carbocycles. The maximum atomic E-state index is 2.65. The first-order valence-electron chi connectivity index (χ1n) is 9.59. The quantitative estimate of drug-likeness (QED) is 0.537. The zero-order valence-electron chi connectivity index (χ0n) is 15.9. The number of hydrogen-bond acceptors (Lipinski definition) is 1. The summed E-state index contributed by atoms with van der Waals surface area (Å²) in [5.41, 5.74) is 8.40. The van der Waals surface area contributed by atoms with Gasteiger partial charge in [-0.05, 0) is 49.4 Å². The largest absolute Gasteiger partial charge is 0.363 e. The number of nitrogens with zero attached hydrogens (tertiary/aromatic N) is 1. The lowest BCUT2D eigenvalue weighted by Gasteiger charge is -2.33. The molecule has 0 radical (unpaired) electrons. The minimum Gasteiger partial charge on any atom is -0.363 e. The lowest BCUT2D eigenvalue weighted by atomic mass is 9.87. The monoisotopic (exact) mass is 341 g/mol. The van der Waals surface area contributed by atoms with Gasteiger partial charge in [0.05, 0.1) is 6.04 Å². The molecule has 0 aliphatic carbocycles. The summed E-state index contributed by atoms with van der Waals surface area (Å²) in [7, 11) is 0. The summed E-state index contributed by atoms with van der Waals surface area (Å²) >= 11 is 0. The van der Waals surface area contributed by atoms with E-state index in [1.165, 1.54) is 39.9 Å². The lowest BCUT2D eigenvalue weighted by molar-refractivity contribution is 0.620. The first kappa shape index (κ1) is 16.9. The molecule has 1 saturated heterocycles. The molecule has 1 heteroatoms. The van der Waals surface area contributed by atoms with E-state index in [-0.39, 0.29) is 0 Å². The fourth-order valence-corrected chi connectivity index (χ4v) is 4.78. The summed E-state index contributed by atoms with van der Waals surface area (Å²) in [6, 6.07) is 27.1. The van der Waals surface area contributed by atoms with Crippen LogP contribution in [0.3, 0.4) is 0 Å². The van der Waals surface area contributed by atoms with Crippen LogP contribution in [0.15, 0.2) is 72.8 Å². The van der Waals surface area contributed by atoms with Gasteiger partial charge in [-0.1, -0.05) is 78.4 Å². The molecule has 0 amide bonds. The van der Waals surface area contributed by atoms with E-state index >= 15 is 0 Å². The topological polar surface area (TPSA) is 3.24 Å². The number of rotatable bonds is 3. The predicted molar refractivity (Wildman–Crippen MR) is 111 cm³/mol. The maximum Gasteiger partial charge on any atom is 0.0611 e. The minimum atomic E-state index is 0.388. The molecule has 1 nitrogen and oxygen atoms in total. The molecule has 0 N–H and O–H groups in total. The Morgan fingerprint density at radius 3 is 1.85 bits per heavy atom. The Bertz CT molecular complexity index is 860. The number of anilines is 1. The molecule has 0 bridgehead atoms. The van der Waals surface area contributed by atoms with Crippen molar-refractivity contribution in [2.45, 2.75) is 39.2 Å². The molecule has 1 aliphatic heterocycles. The highest BCUT2D eigenvalue weighted by Gasteiger charge is 2.37. The average molecular weight is 341 g/mol. The molecule has 1 aliphatic rings. The van der Waals surface area contributed by atoms with Gasteiger partial charge in [0.1, 0.15) is 0 Å². The molecule has 0 spiro atoms. The van der Waals surface area contributed by atoms with Crippen LogP contribution in [0.25, 0.3) is 0 Å². The highest BCUT2D eigenvalue weighted by atomic mass is 15.2. The van der Waals surface area contributed by atoms with Crippen molar-refractivity contribution in [1.29, 1.82) is 0 Å². The van der Waals surface area contributed by atoms with E-state index in [2.05, 4.69) is 98.5 Å². The van der Waals surface area contributed by atoms with E-state index in [4.69, 9.17) is 0 Å². The number of hydrogen-bond donors (Lipinski definition) is 0. The minimum absolute atomic E-state index is 0.388. The van der Waals surface area contributed by atoms with Crippen molar-refractivity contribution in [1.82, 2.24) is 0 Å². The van der Waals surface area contributed by atoms with E-state index in [0.717, 1.165) is 6.54 Å². The third-order valence-electron chi connectivity index (χ3n) is 5.69. The van der Waals surface area contributed by atoms with Crippen molar-refractivity contribution < 1.29 is 0 Å². The van der Waals surface area contributed by atoms with Gasteiger partial charge in [-0.25, -0.2) is 0 Å². The van der Waals surface area contributed by atoms with E-state index in [0.29, 0.717) is 12.0 Å². The van der Waals surface area contributed by atoms with Crippen LogP contribution in [0.4, 0.5) is 5.69 Å². The SMILES string of the molecule is Cc1cc(C)c(N2CCC(c3ccccc3)C2c2ccccc2)c(C)c1. The van der Waals surface area contributed by atoms with E-state index in [1.807, 2.05) is 0 Å². The van der Waals surface area contributed by atoms with E-state index < -0.39 is 0 Å². The molecule has 4 rings (SSSR count). The third-order valence-corrected chi connectivity index (χ3v) is 5.69. The van der Waals surface area contributed by atoms with Crippen LogP contribution in [0.2, 0.25) is 0 Å². The molecular weight excluding hydrogens is 314 g/mol. The van der Waals surface area contributed by atoms with Crippen molar-refractivity contribution in [3.8, 4) is 0 Å². The standard InChI is InChI=1S/C25H27N/c1-18-16-19(2)24(20(3)17-18)26-15-14-23(21-10-6-4-7-11-21)25(26)22-12-8-5-9-13-22/h4-13,16-17,23,25H,14-15H2,1-3H3. The Balaban J connectivity index is 1.82. The molecule has 0 saturated carbocycles. The van der Waals surface area contributed by atoms with Crippen LogP contribution in [-0.4, -0.2) is 6.54 Å². The maximum absolute atomic E-state index is 2.65. The Kier molecular flexibility index (Phi) is 4.55. The van der Waals surface area contributed by atoms with Gasteiger partial charge in [-0.3, -0.25) is 0 Å². The summed E-state index contributed by atoms with van der Waals surface area (Å²) in [6.07, 6.45) is 1.19. The molecule has 3 aromatic rings. The molecule has 0 aromatic heterocycles. The molecule has 132 valence electrons. The van der Waals surface area contributed by atoms with E-state index in [9.17, 15) is 0 Å². The highest BCUT2D eigenvalue weighted by Crippen LogP contribution is 2.47. The summed E-state index contributed by atoms with van der Waals surface area (Å²) in [4.78, 5) is 2.65. The lowest BCUT2D eigenvalue weighted by Crippen LogP contribution is -2.26. The second-order valence-electron chi connectivity index (χ2n) is 7.60. The number of benzene rings is 3. The van der Waals surface area contributed by atoms with Gasteiger partial charge in [0, 0.05) is 18.2 Å². The van der Waals surface area contributed by atoms with Crippen molar-refractivity contribution in [2.24, 2.45) is 0 Å².